The Labute approximate surface area is 192 Å². The Balaban J connectivity index is 1.50. The van der Waals surface area contributed by atoms with Crippen LogP contribution in [-0.2, 0) is 9.59 Å². The van der Waals surface area contributed by atoms with Crippen LogP contribution >= 0.6 is 0 Å². The standard InChI is InChI=1S/C26H27N5O2/c1-17-6-5-9-23(31-13-11-19(15-24(31)32)18-7-3-2-4-8-18)21-14-20(10-12-27-21)25-22(16-28-30-25)29-26(17)33/h2-4,7-8,10,12,14-17,23H,5-6,9,11,13H2,1H3,(H,28,30)(H,29,33)/t17?,23-/m0/s1. The molecule has 2 N–H and O–H groups in total. The van der Waals surface area contributed by atoms with E-state index in [1.807, 2.05) is 54.3 Å². The second-order valence-corrected chi connectivity index (χ2v) is 8.78. The molecule has 7 nitrogen and oxygen atoms in total. The van der Waals surface area contributed by atoms with Crippen molar-refractivity contribution in [3.8, 4) is 11.3 Å². The minimum Gasteiger partial charge on any atom is -0.330 e. The summed E-state index contributed by atoms with van der Waals surface area (Å²) in [6.07, 6.45) is 8.28. The lowest BCUT2D eigenvalue weighted by atomic mass is 9.93. The lowest BCUT2D eigenvalue weighted by Crippen LogP contribution is -2.37. The Bertz CT molecular complexity index is 1200. The molecule has 2 atom stereocenters. The monoisotopic (exact) mass is 441 g/mol. The van der Waals surface area contributed by atoms with Gasteiger partial charge in [-0.15, -0.1) is 0 Å². The molecule has 0 saturated heterocycles. The number of pyridine rings is 1. The molecule has 0 saturated carbocycles. The summed E-state index contributed by atoms with van der Waals surface area (Å²) >= 11 is 0. The summed E-state index contributed by atoms with van der Waals surface area (Å²) in [6, 6.07) is 13.8. The van der Waals surface area contributed by atoms with Crippen LogP contribution in [0.25, 0.3) is 16.8 Å². The summed E-state index contributed by atoms with van der Waals surface area (Å²) in [5.41, 5.74) is 5.31. The van der Waals surface area contributed by atoms with Gasteiger partial charge in [0.25, 0.3) is 0 Å². The van der Waals surface area contributed by atoms with Crippen molar-refractivity contribution in [2.75, 3.05) is 11.9 Å². The largest absolute Gasteiger partial charge is 0.330 e. The van der Waals surface area contributed by atoms with Gasteiger partial charge in [0.05, 0.1) is 29.3 Å². The molecule has 4 heterocycles. The number of carbonyl (C=O) groups excluding carboxylic acids is 2. The first-order valence-corrected chi connectivity index (χ1v) is 11.5. The highest BCUT2D eigenvalue weighted by atomic mass is 16.2. The van der Waals surface area contributed by atoms with Crippen LogP contribution in [0.1, 0.15) is 49.9 Å². The zero-order chi connectivity index (χ0) is 22.8. The number of rotatable bonds is 2. The van der Waals surface area contributed by atoms with Gasteiger partial charge in [-0.3, -0.25) is 19.7 Å². The fraction of sp³-hybridized carbons (Fsp3) is 0.308. The fourth-order valence-electron chi connectivity index (χ4n) is 4.70. The van der Waals surface area contributed by atoms with E-state index in [2.05, 4.69) is 20.5 Å². The van der Waals surface area contributed by atoms with Crippen LogP contribution in [0.5, 0.6) is 0 Å². The number of nitrogens with one attached hydrogen (secondary N) is 2. The molecule has 0 fully saturated rings. The van der Waals surface area contributed by atoms with E-state index in [0.29, 0.717) is 12.2 Å². The van der Waals surface area contributed by atoms with Gasteiger partial charge in [0.15, 0.2) is 0 Å². The summed E-state index contributed by atoms with van der Waals surface area (Å²) in [6.45, 7) is 2.58. The molecule has 2 bridgehead atoms. The third-order valence-corrected chi connectivity index (χ3v) is 6.59. The molecule has 33 heavy (non-hydrogen) atoms. The van der Waals surface area contributed by atoms with Gasteiger partial charge in [-0.05, 0) is 42.5 Å². The van der Waals surface area contributed by atoms with Gasteiger partial charge >= 0.3 is 0 Å². The molecule has 7 heteroatoms. The molecule has 0 spiro atoms. The van der Waals surface area contributed by atoms with Gasteiger partial charge < -0.3 is 10.2 Å². The van der Waals surface area contributed by atoms with Crippen molar-refractivity contribution < 1.29 is 9.59 Å². The average Bonchev–Trinajstić information content (AvgIpc) is 3.30. The van der Waals surface area contributed by atoms with E-state index in [0.717, 1.165) is 53.8 Å². The van der Waals surface area contributed by atoms with Gasteiger partial charge in [-0.25, -0.2) is 0 Å². The predicted octanol–water partition coefficient (Wildman–Crippen LogP) is 4.59. The zero-order valence-corrected chi connectivity index (χ0v) is 18.6. The highest BCUT2D eigenvalue weighted by molar-refractivity contribution is 5.97. The Hall–Kier alpha value is -3.74. The number of aromatic nitrogens is 3. The molecular formula is C26H27N5O2. The third kappa shape index (κ3) is 4.31. The van der Waals surface area contributed by atoms with Crippen LogP contribution in [0.4, 0.5) is 5.69 Å². The number of aromatic amines is 1. The first-order chi connectivity index (χ1) is 16.1. The fourth-order valence-corrected chi connectivity index (χ4v) is 4.70. The maximum absolute atomic E-state index is 13.3. The number of hydrogen-bond donors (Lipinski definition) is 2. The number of H-pyrrole nitrogens is 1. The average molecular weight is 442 g/mol. The van der Waals surface area contributed by atoms with Crippen LogP contribution in [0.15, 0.2) is 60.9 Å². The summed E-state index contributed by atoms with van der Waals surface area (Å²) < 4.78 is 0. The van der Waals surface area contributed by atoms with E-state index in [1.165, 1.54) is 0 Å². The normalized spacial score (nSPS) is 21.4. The topological polar surface area (TPSA) is 91.0 Å². The number of anilines is 1. The smallest absolute Gasteiger partial charge is 0.247 e. The lowest BCUT2D eigenvalue weighted by molar-refractivity contribution is -0.129. The molecule has 2 amide bonds. The maximum atomic E-state index is 13.3. The quantitative estimate of drug-likeness (QED) is 0.609. The molecule has 5 rings (SSSR count). The van der Waals surface area contributed by atoms with Gasteiger partial charge in [0.2, 0.25) is 11.8 Å². The number of carbonyl (C=O) groups is 2. The van der Waals surface area contributed by atoms with E-state index in [-0.39, 0.29) is 23.8 Å². The van der Waals surface area contributed by atoms with Gasteiger partial charge in [-0.2, -0.15) is 5.10 Å². The van der Waals surface area contributed by atoms with Crippen molar-refractivity contribution in [1.29, 1.82) is 0 Å². The maximum Gasteiger partial charge on any atom is 0.247 e. The van der Waals surface area contributed by atoms with E-state index < -0.39 is 0 Å². The van der Waals surface area contributed by atoms with Crippen LogP contribution in [-0.4, -0.2) is 38.4 Å². The molecule has 1 unspecified atom stereocenters. The van der Waals surface area contributed by atoms with E-state index >= 15 is 0 Å². The Morgan fingerprint density at radius 2 is 1.91 bits per heavy atom. The summed E-state index contributed by atoms with van der Waals surface area (Å²) in [5.74, 6) is -0.147. The molecule has 2 aliphatic heterocycles. The predicted molar refractivity (Wildman–Crippen MR) is 127 cm³/mol. The molecule has 2 aliphatic rings. The van der Waals surface area contributed by atoms with Crippen molar-refractivity contribution in [3.05, 3.63) is 72.2 Å². The number of fused-ring (bicyclic) bond motifs is 4. The number of hydrogen-bond acceptors (Lipinski definition) is 4. The van der Waals surface area contributed by atoms with Gasteiger partial charge in [-0.1, -0.05) is 43.7 Å². The zero-order valence-electron chi connectivity index (χ0n) is 18.6. The Morgan fingerprint density at radius 1 is 1.06 bits per heavy atom. The molecular weight excluding hydrogens is 414 g/mol. The number of nitrogens with zero attached hydrogens (tertiary/aromatic N) is 3. The number of amides is 2. The van der Waals surface area contributed by atoms with Gasteiger partial charge in [0.1, 0.15) is 0 Å². The van der Waals surface area contributed by atoms with Crippen LogP contribution in [0.2, 0.25) is 0 Å². The van der Waals surface area contributed by atoms with Crippen LogP contribution in [0, 0.1) is 5.92 Å². The van der Waals surface area contributed by atoms with Crippen molar-refractivity contribution in [2.45, 2.75) is 38.6 Å². The molecule has 3 aromatic rings. The Morgan fingerprint density at radius 3 is 2.73 bits per heavy atom. The Kier molecular flexibility index (Phi) is 5.77. The summed E-state index contributed by atoms with van der Waals surface area (Å²) in [5, 5.41) is 10.1. The number of benzene rings is 1. The molecule has 1 aromatic carbocycles. The highest BCUT2D eigenvalue weighted by Gasteiger charge is 2.30. The second kappa shape index (κ2) is 9.02. The van der Waals surface area contributed by atoms with Crippen molar-refractivity contribution in [1.82, 2.24) is 20.1 Å². The van der Waals surface area contributed by atoms with E-state index in [1.54, 1.807) is 18.5 Å². The van der Waals surface area contributed by atoms with E-state index in [4.69, 9.17) is 0 Å². The highest BCUT2D eigenvalue weighted by Crippen LogP contribution is 2.35. The van der Waals surface area contributed by atoms with Crippen LogP contribution < -0.4 is 5.32 Å². The SMILES string of the molecule is CC1CCC[C@H](N2CCC(c3ccccc3)=CC2=O)c2cc(ccn2)-c2[nH]ncc2NC1=O. The summed E-state index contributed by atoms with van der Waals surface area (Å²) in [7, 11) is 0. The van der Waals surface area contributed by atoms with E-state index in [9.17, 15) is 9.59 Å². The second-order valence-electron chi connectivity index (χ2n) is 8.78. The third-order valence-electron chi connectivity index (χ3n) is 6.59. The minimum atomic E-state index is -0.146. The minimum absolute atomic E-state index is 0.0115. The summed E-state index contributed by atoms with van der Waals surface area (Å²) in [4.78, 5) is 32.5. The van der Waals surface area contributed by atoms with Crippen molar-refractivity contribution in [2.24, 2.45) is 5.92 Å². The molecule has 0 radical (unpaired) electrons. The molecule has 168 valence electrons. The van der Waals surface area contributed by atoms with Crippen molar-refractivity contribution >= 4 is 23.1 Å². The molecule has 2 aromatic heterocycles. The first-order valence-electron chi connectivity index (χ1n) is 11.5. The van der Waals surface area contributed by atoms with Crippen LogP contribution in [0.3, 0.4) is 0 Å². The first kappa shape index (κ1) is 21.1. The lowest BCUT2D eigenvalue weighted by Gasteiger charge is -2.34. The molecule has 0 aliphatic carbocycles. The van der Waals surface area contributed by atoms with Crippen molar-refractivity contribution in [3.63, 3.8) is 0 Å². The van der Waals surface area contributed by atoms with Gasteiger partial charge in [0, 0.05) is 30.3 Å².